The largest absolute Gasteiger partial charge is 0.339 e. The molecule has 2 aromatic heterocycles. The highest BCUT2D eigenvalue weighted by Crippen LogP contribution is 2.35. The fourth-order valence-corrected chi connectivity index (χ4v) is 5.43. The number of sulfonamides is 1. The van der Waals surface area contributed by atoms with E-state index < -0.39 is 10.0 Å². The van der Waals surface area contributed by atoms with Gasteiger partial charge in [-0.3, -0.25) is 4.98 Å². The molecule has 6 nitrogen and oxygen atoms in total. The van der Waals surface area contributed by atoms with Crippen molar-refractivity contribution in [2.24, 2.45) is 7.05 Å². The minimum absolute atomic E-state index is 0.0779. The number of hydrogen-bond acceptors (Lipinski definition) is 4. The van der Waals surface area contributed by atoms with Crippen molar-refractivity contribution in [1.82, 2.24) is 18.8 Å². The van der Waals surface area contributed by atoms with E-state index >= 15 is 0 Å². The molecule has 0 saturated carbocycles. The van der Waals surface area contributed by atoms with E-state index in [1.54, 1.807) is 11.6 Å². The van der Waals surface area contributed by atoms with E-state index in [9.17, 15) is 8.42 Å². The molecule has 4 rings (SSSR count). The number of pyridine rings is 1. The Morgan fingerprint density at radius 1 is 1.18 bits per heavy atom. The standard InChI is InChI=1S/C20H21ClN4O2S/c1-24-13-20(22-14-24)28(26,27)25-11-5-10-19(25)18-9-4-7-16(23-18)12-15-6-2-3-8-17(15)21/h2-4,6-9,13-14,19H,5,10-12H2,1H3/t19-/m1/s1. The lowest BCUT2D eigenvalue weighted by Gasteiger charge is -2.23. The summed E-state index contributed by atoms with van der Waals surface area (Å²) in [5.74, 6) is 0. The molecule has 0 radical (unpaired) electrons. The van der Waals surface area contributed by atoms with Crippen LogP contribution >= 0.6 is 11.6 Å². The maximum Gasteiger partial charge on any atom is 0.262 e. The van der Waals surface area contributed by atoms with Crippen LogP contribution in [0.3, 0.4) is 0 Å². The summed E-state index contributed by atoms with van der Waals surface area (Å²) in [7, 11) is -1.90. The van der Waals surface area contributed by atoms with Crippen LogP contribution in [0, 0.1) is 0 Å². The maximum atomic E-state index is 13.1. The van der Waals surface area contributed by atoms with Gasteiger partial charge in [0.25, 0.3) is 10.0 Å². The van der Waals surface area contributed by atoms with Gasteiger partial charge >= 0.3 is 0 Å². The summed E-state index contributed by atoms with van der Waals surface area (Å²) in [6.07, 6.45) is 5.18. The summed E-state index contributed by atoms with van der Waals surface area (Å²) < 4.78 is 29.3. The van der Waals surface area contributed by atoms with Crippen molar-refractivity contribution in [3.05, 3.63) is 77.0 Å². The van der Waals surface area contributed by atoms with Gasteiger partial charge in [0.05, 0.1) is 18.1 Å². The van der Waals surface area contributed by atoms with Crippen LogP contribution in [0.15, 0.2) is 60.0 Å². The van der Waals surface area contributed by atoms with Crippen molar-refractivity contribution in [2.45, 2.75) is 30.3 Å². The first kappa shape index (κ1) is 19.1. The van der Waals surface area contributed by atoms with Gasteiger partial charge in [0.1, 0.15) is 0 Å². The van der Waals surface area contributed by atoms with Crippen LogP contribution < -0.4 is 0 Å². The third-order valence-corrected chi connectivity index (χ3v) is 7.12. The van der Waals surface area contributed by atoms with Gasteiger partial charge in [-0.1, -0.05) is 35.9 Å². The lowest BCUT2D eigenvalue weighted by molar-refractivity contribution is 0.388. The highest BCUT2D eigenvalue weighted by molar-refractivity contribution is 7.89. The summed E-state index contributed by atoms with van der Waals surface area (Å²) in [5, 5.41) is 0.782. The van der Waals surface area contributed by atoms with E-state index in [0.29, 0.717) is 18.0 Å². The predicted octanol–water partition coefficient (Wildman–Crippen LogP) is 3.59. The van der Waals surface area contributed by atoms with E-state index in [1.807, 2.05) is 42.5 Å². The fraction of sp³-hybridized carbons (Fsp3) is 0.300. The van der Waals surface area contributed by atoms with Crippen LogP contribution in [-0.2, 0) is 23.5 Å². The fourth-order valence-electron chi connectivity index (χ4n) is 3.58. The summed E-state index contributed by atoms with van der Waals surface area (Å²) in [6.45, 7) is 0.472. The molecule has 1 saturated heterocycles. The number of aromatic nitrogens is 3. The van der Waals surface area contributed by atoms with Gasteiger partial charge in [0.2, 0.25) is 0 Å². The molecule has 0 amide bonds. The van der Waals surface area contributed by atoms with Crippen molar-refractivity contribution in [3.8, 4) is 0 Å². The average Bonchev–Trinajstić information content (AvgIpc) is 3.34. The first-order chi connectivity index (χ1) is 13.4. The summed E-state index contributed by atoms with van der Waals surface area (Å²) >= 11 is 6.27. The van der Waals surface area contributed by atoms with Gasteiger partial charge in [-0.2, -0.15) is 4.31 Å². The molecule has 1 aliphatic rings. The predicted molar refractivity (Wildman–Crippen MR) is 108 cm³/mol. The summed E-state index contributed by atoms with van der Waals surface area (Å²) in [6, 6.07) is 13.2. The number of halogens is 1. The van der Waals surface area contributed by atoms with E-state index in [1.165, 1.54) is 16.8 Å². The molecule has 8 heteroatoms. The Hall–Kier alpha value is -2.22. The lowest BCUT2D eigenvalue weighted by atomic mass is 10.1. The van der Waals surface area contributed by atoms with Gasteiger partial charge in [0.15, 0.2) is 5.03 Å². The van der Waals surface area contributed by atoms with Crippen LogP contribution in [0.5, 0.6) is 0 Å². The molecule has 0 spiro atoms. The van der Waals surface area contributed by atoms with Crippen molar-refractivity contribution in [2.75, 3.05) is 6.54 Å². The number of hydrogen-bond donors (Lipinski definition) is 0. The summed E-state index contributed by atoms with van der Waals surface area (Å²) in [5.41, 5.74) is 2.63. The molecular formula is C20H21ClN4O2S. The molecule has 1 atom stereocenters. The van der Waals surface area contributed by atoms with Crippen LogP contribution in [0.1, 0.15) is 35.8 Å². The van der Waals surface area contributed by atoms with Gasteiger partial charge in [-0.25, -0.2) is 13.4 Å². The molecule has 3 aromatic rings. The van der Waals surface area contributed by atoms with Crippen LogP contribution in [0.25, 0.3) is 0 Å². The molecule has 1 aromatic carbocycles. The highest BCUT2D eigenvalue weighted by Gasteiger charge is 2.38. The van der Waals surface area contributed by atoms with E-state index in [2.05, 4.69) is 4.98 Å². The quantitative estimate of drug-likeness (QED) is 0.637. The molecule has 0 aliphatic carbocycles. The number of benzene rings is 1. The van der Waals surface area contributed by atoms with Crippen LogP contribution in [-0.4, -0.2) is 33.8 Å². The Balaban J connectivity index is 1.62. The number of rotatable bonds is 5. The molecular weight excluding hydrogens is 396 g/mol. The molecule has 1 fully saturated rings. The van der Waals surface area contributed by atoms with Crippen LogP contribution in [0.2, 0.25) is 5.02 Å². The Kier molecular flexibility index (Phi) is 5.23. The second-order valence-corrected chi connectivity index (χ2v) is 9.22. The Labute approximate surface area is 169 Å². The van der Waals surface area contributed by atoms with Gasteiger partial charge in [-0.15, -0.1) is 0 Å². The van der Waals surface area contributed by atoms with Crippen molar-refractivity contribution in [3.63, 3.8) is 0 Å². The lowest BCUT2D eigenvalue weighted by Crippen LogP contribution is -2.31. The molecule has 3 heterocycles. The third kappa shape index (κ3) is 3.70. The van der Waals surface area contributed by atoms with E-state index in [-0.39, 0.29) is 11.1 Å². The maximum absolute atomic E-state index is 13.1. The van der Waals surface area contributed by atoms with Gasteiger partial charge in [-0.05, 0) is 36.6 Å². The minimum Gasteiger partial charge on any atom is -0.339 e. The Bertz CT molecular complexity index is 1100. The van der Waals surface area contributed by atoms with Crippen molar-refractivity contribution in [1.29, 1.82) is 0 Å². The van der Waals surface area contributed by atoms with E-state index in [4.69, 9.17) is 16.6 Å². The molecule has 1 aliphatic heterocycles. The molecule has 28 heavy (non-hydrogen) atoms. The van der Waals surface area contributed by atoms with Crippen LogP contribution in [0.4, 0.5) is 0 Å². The number of aryl methyl sites for hydroxylation is 1. The molecule has 0 unspecified atom stereocenters. The Morgan fingerprint density at radius 2 is 2.00 bits per heavy atom. The van der Waals surface area contributed by atoms with Gasteiger partial charge < -0.3 is 4.57 Å². The minimum atomic E-state index is -3.65. The van der Waals surface area contributed by atoms with Crippen molar-refractivity contribution < 1.29 is 8.42 Å². The first-order valence-electron chi connectivity index (χ1n) is 9.14. The second-order valence-electron chi connectivity index (χ2n) is 6.97. The van der Waals surface area contributed by atoms with E-state index in [0.717, 1.165) is 29.8 Å². The summed E-state index contributed by atoms with van der Waals surface area (Å²) in [4.78, 5) is 8.80. The first-order valence-corrected chi connectivity index (χ1v) is 11.0. The van der Waals surface area contributed by atoms with Gasteiger partial charge in [0, 0.05) is 36.9 Å². The topological polar surface area (TPSA) is 68.1 Å². The number of imidazole rings is 1. The molecule has 0 N–H and O–H groups in total. The highest BCUT2D eigenvalue weighted by atomic mass is 35.5. The SMILES string of the molecule is Cn1cnc(S(=O)(=O)N2CCC[C@@H]2c2cccc(Cc3ccccc3Cl)n2)c1. The normalized spacial score (nSPS) is 17.9. The monoisotopic (exact) mass is 416 g/mol. The zero-order chi connectivity index (χ0) is 19.7. The number of nitrogens with zero attached hydrogens (tertiary/aromatic N) is 4. The molecule has 0 bridgehead atoms. The zero-order valence-electron chi connectivity index (χ0n) is 15.5. The molecule has 146 valence electrons. The Morgan fingerprint density at radius 3 is 2.75 bits per heavy atom. The average molecular weight is 417 g/mol. The second kappa shape index (κ2) is 7.66. The third-order valence-electron chi connectivity index (χ3n) is 4.96. The van der Waals surface area contributed by atoms with Crippen molar-refractivity contribution >= 4 is 21.6 Å². The smallest absolute Gasteiger partial charge is 0.262 e. The zero-order valence-corrected chi connectivity index (χ0v) is 17.1.